The van der Waals surface area contributed by atoms with Crippen molar-refractivity contribution < 1.29 is 27.5 Å². The van der Waals surface area contributed by atoms with Crippen LogP contribution in [-0.2, 0) is 24.3 Å². The summed E-state index contributed by atoms with van der Waals surface area (Å²) in [5, 5.41) is 3.31. The Morgan fingerprint density at radius 2 is 1.86 bits per heavy atom. The van der Waals surface area contributed by atoms with Crippen molar-refractivity contribution in [2.24, 2.45) is 0 Å². The van der Waals surface area contributed by atoms with E-state index in [9.17, 15) is 18.0 Å². The molecule has 122 valence electrons. The molecular formula is C12H22N2O6S. The maximum Gasteiger partial charge on any atom is 0.408 e. The number of carbonyl (C=O) groups is 2. The summed E-state index contributed by atoms with van der Waals surface area (Å²) in [6, 6.07) is -0.561. The van der Waals surface area contributed by atoms with Crippen molar-refractivity contribution in [3.05, 3.63) is 11.5 Å². The molecule has 8 nitrogen and oxygen atoms in total. The molecule has 0 heterocycles. The van der Waals surface area contributed by atoms with E-state index in [1.165, 1.54) is 6.08 Å². The van der Waals surface area contributed by atoms with E-state index in [4.69, 9.17) is 4.74 Å². The van der Waals surface area contributed by atoms with Crippen LogP contribution in [0.15, 0.2) is 11.5 Å². The molecule has 0 aliphatic rings. The lowest BCUT2D eigenvalue weighted by Crippen LogP contribution is -2.37. The quantitative estimate of drug-likeness (QED) is 0.689. The third-order valence-corrected chi connectivity index (χ3v) is 3.00. The van der Waals surface area contributed by atoms with Crippen LogP contribution in [0.25, 0.3) is 0 Å². The zero-order chi connectivity index (χ0) is 16.7. The summed E-state index contributed by atoms with van der Waals surface area (Å²) < 4.78 is 34.4. The van der Waals surface area contributed by atoms with E-state index < -0.39 is 40.3 Å². The van der Waals surface area contributed by atoms with Crippen molar-refractivity contribution in [2.45, 2.75) is 39.3 Å². The normalized spacial score (nSPS) is 13.8. The van der Waals surface area contributed by atoms with E-state index in [1.807, 2.05) is 4.72 Å². The number of carbonyl (C=O) groups excluding carboxylic acids is 2. The maximum absolute atomic E-state index is 11.5. The molecule has 2 N–H and O–H groups in total. The molecule has 0 saturated heterocycles. The van der Waals surface area contributed by atoms with Gasteiger partial charge in [0.25, 0.3) is 0 Å². The van der Waals surface area contributed by atoms with Gasteiger partial charge in [0.2, 0.25) is 10.0 Å². The Morgan fingerprint density at radius 3 is 2.33 bits per heavy atom. The number of nitrogens with one attached hydrogen (secondary N) is 2. The van der Waals surface area contributed by atoms with Crippen molar-refractivity contribution in [3.8, 4) is 0 Å². The van der Waals surface area contributed by atoms with E-state index in [-0.39, 0.29) is 0 Å². The number of esters is 1. The lowest BCUT2D eigenvalue weighted by Gasteiger charge is -2.20. The average Bonchev–Trinajstić information content (AvgIpc) is 2.31. The minimum Gasteiger partial charge on any atom is -0.468 e. The summed E-state index contributed by atoms with van der Waals surface area (Å²) in [6.45, 7) is 6.27. The van der Waals surface area contributed by atoms with Crippen molar-refractivity contribution in [1.82, 2.24) is 10.0 Å². The fourth-order valence-electron chi connectivity index (χ4n) is 1.04. The Hall–Kier alpha value is -1.61. The molecule has 0 radical (unpaired) electrons. The SMILES string of the molecule is COC(=O)CNS(=O)(=O)/C=C/C(C)NC(=O)OC(C)(C)C. The van der Waals surface area contributed by atoms with Crippen molar-refractivity contribution in [2.75, 3.05) is 13.7 Å². The van der Waals surface area contributed by atoms with E-state index in [0.717, 1.165) is 12.5 Å². The monoisotopic (exact) mass is 322 g/mol. The molecule has 1 unspecified atom stereocenters. The Labute approximate surface area is 124 Å². The molecule has 0 aromatic heterocycles. The molecule has 0 aliphatic heterocycles. The molecule has 0 fully saturated rings. The zero-order valence-corrected chi connectivity index (χ0v) is 13.6. The molecule has 9 heteroatoms. The summed E-state index contributed by atoms with van der Waals surface area (Å²) in [7, 11) is -2.62. The first-order valence-corrected chi connectivity index (χ1v) is 7.74. The first-order valence-electron chi connectivity index (χ1n) is 6.19. The molecule has 21 heavy (non-hydrogen) atoms. The fraction of sp³-hybridized carbons (Fsp3) is 0.667. The molecule has 0 spiro atoms. The highest BCUT2D eigenvalue weighted by Gasteiger charge is 2.17. The van der Waals surface area contributed by atoms with Crippen LogP contribution < -0.4 is 10.0 Å². The Morgan fingerprint density at radius 1 is 1.29 bits per heavy atom. The predicted molar refractivity (Wildman–Crippen MR) is 76.9 cm³/mol. The van der Waals surface area contributed by atoms with Gasteiger partial charge >= 0.3 is 12.1 Å². The van der Waals surface area contributed by atoms with Gasteiger partial charge in [0, 0.05) is 11.4 Å². The molecule has 0 rings (SSSR count). The highest BCUT2D eigenvalue weighted by atomic mass is 32.2. The number of ether oxygens (including phenoxy) is 2. The maximum atomic E-state index is 11.5. The Kier molecular flexibility index (Phi) is 7.37. The molecule has 0 aliphatic carbocycles. The van der Waals surface area contributed by atoms with Gasteiger partial charge in [0.15, 0.2) is 0 Å². The summed E-state index contributed by atoms with van der Waals surface area (Å²) in [4.78, 5) is 22.3. The Bertz CT molecular complexity index is 492. The topological polar surface area (TPSA) is 111 Å². The zero-order valence-electron chi connectivity index (χ0n) is 12.8. The van der Waals surface area contributed by atoms with Crippen molar-refractivity contribution in [1.29, 1.82) is 0 Å². The van der Waals surface area contributed by atoms with Crippen molar-refractivity contribution in [3.63, 3.8) is 0 Å². The predicted octanol–water partition coefficient (Wildman–Crippen LogP) is 0.506. The number of methoxy groups -OCH3 is 1. The molecule has 0 aromatic rings. The third kappa shape index (κ3) is 10.8. The minimum atomic E-state index is -3.78. The van der Waals surface area contributed by atoms with Crippen LogP contribution in [0.3, 0.4) is 0 Å². The lowest BCUT2D eigenvalue weighted by atomic mass is 10.2. The standard InChI is InChI=1S/C12H22N2O6S/c1-9(14-11(16)20-12(2,3)4)6-7-21(17,18)13-8-10(15)19-5/h6-7,9,13H,8H2,1-5H3,(H,14,16)/b7-6+. The molecule has 0 bridgehead atoms. The summed E-state index contributed by atoms with van der Waals surface area (Å²) in [5.74, 6) is -0.702. The van der Waals surface area contributed by atoms with Gasteiger partial charge in [-0.05, 0) is 33.8 Å². The fourth-order valence-corrected chi connectivity index (χ4v) is 1.90. The van der Waals surface area contributed by atoms with Gasteiger partial charge in [-0.3, -0.25) is 4.79 Å². The van der Waals surface area contributed by atoms with Gasteiger partial charge < -0.3 is 14.8 Å². The van der Waals surface area contributed by atoms with Crippen LogP contribution in [0, 0.1) is 0 Å². The number of sulfonamides is 1. The number of hydrogen-bond acceptors (Lipinski definition) is 6. The molecule has 0 saturated carbocycles. The second-order valence-electron chi connectivity index (χ2n) is 5.21. The van der Waals surface area contributed by atoms with E-state index in [1.54, 1.807) is 27.7 Å². The number of amides is 1. The highest BCUT2D eigenvalue weighted by molar-refractivity contribution is 7.92. The van der Waals surface area contributed by atoms with Gasteiger partial charge in [-0.15, -0.1) is 0 Å². The van der Waals surface area contributed by atoms with Gasteiger partial charge in [-0.2, -0.15) is 0 Å². The molecular weight excluding hydrogens is 300 g/mol. The van der Waals surface area contributed by atoms with E-state index in [0.29, 0.717) is 0 Å². The number of hydrogen-bond donors (Lipinski definition) is 2. The average molecular weight is 322 g/mol. The van der Waals surface area contributed by atoms with Crippen LogP contribution in [0.2, 0.25) is 0 Å². The highest BCUT2D eigenvalue weighted by Crippen LogP contribution is 2.06. The first-order chi connectivity index (χ1) is 9.45. The summed E-state index contributed by atoms with van der Waals surface area (Å²) in [5.41, 5.74) is -0.637. The van der Waals surface area contributed by atoms with Gasteiger partial charge in [0.1, 0.15) is 12.1 Å². The van der Waals surface area contributed by atoms with E-state index in [2.05, 4.69) is 10.1 Å². The van der Waals surface area contributed by atoms with Crippen LogP contribution in [0.5, 0.6) is 0 Å². The molecule has 1 atom stereocenters. The van der Waals surface area contributed by atoms with Crippen molar-refractivity contribution >= 4 is 22.1 Å². The molecule has 1 amide bonds. The van der Waals surface area contributed by atoms with Crippen LogP contribution in [0.1, 0.15) is 27.7 Å². The first kappa shape index (κ1) is 19.4. The Balaban J connectivity index is 4.39. The smallest absolute Gasteiger partial charge is 0.408 e. The summed E-state index contributed by atoms with van der Waals surface area (Å²) >= 11 is 0. The third-order valence-electron chi connectivity index (χ3n) is 1.94. The van der Waals surface area contributed by atoms with Gasteiger partial charge in [0.05, 0.1) is 7.11 Å². The largest absolute Gasteiger partial charge is 0.468 e. The summed E-state index contributed by atoms with van der Waals surface area (Å²) in [6.07, 6.45) is 0.600. The van der Waals surface area contributed by atoms with Gasteiger partial charge in [-0.1, -0.05) is 0 Å². The molecule has 0 aromatic carbocycles. The van der Waals surface area contributed by atoms with Crippen LogP contribution in [0.4, 0.5) is 4.79 Å². The second-order valence-corrected chi connectivity index (χ2v) is 6.86. The van der Waals surface area contributed by atoms with E-state index >= 15 is 0 Å². The van der Waals surface area contributed by atoms with Crippen LogP contribution >= 0.6 is 0 Å². The number of alkyl carbamates (subject to hydrolysis) is 1. The lowest BCUT2D eigenvalue weighted by molar-refractivity contribution is -0.139. The number of rotatable bonds is 6. The minimum absolute atomic E-state index is 0.461. The van der Waals surface area contributed by atoms with Gasteiger partial charge in [-0.25, -0.2) is 17.9 Å². The second kappa shape index (κ2) is 7.99. The van der Waals surface area contributed by atoms with Crippen LogP contribution in [-0.4, -0.2) is 45.8 Å².